The van der Waals surface area contributed by atoms with Gasteiger partial charge in [0.15, 0.2) is 0 Å². The lowest BCUT2D eigenvalue weighted by atomic mass is 9.93. The maximum Gasteiger partial charge on any atom is 0.573 e. The standard InChI is InChI=1S/C15H17F3N2O2/c16-15(17,18)22-12-3-1-10(2-4-12)14(21)20-8-6-13-11(9-20)5-7-19-13/h1-4,11,13,19H,5-9H2. The van der Waals surface area contributed by atoms with Crippen molar-refractivity contribution >= 4 is 5.91 Å². The molecule has 2 aliphatic heterocycles. The zero-order chi connectivity index (χ0) is 15.7. The number of rotatable bonds is 2. The monoisotopic (exact) mass is 314 g/mol. The summed E-state index contributed by atoms with van der Waals surface area (Å²) in [6.45, 7) is 2.37. The minimum atomic E-state index is -4.72. The Labute approximate surface area is 126 Å². The van der Waals surface area contributed by atoms with Crippen LogP contribution in [0.3, 0.4) is 0 Å². The second-order valence-electron chi connectivity index (χ2n) is 5.72. The zero-order valence-corrected chi connectivity index (χ0v) is 11.9. The topological polar surface area (TPSA) is 41.6 Å². The molecule has 1 aromatic rings. The summed E-state index contributed by atoms with van der Waals surface area (Å²) in [5.41, 5.74) is 0.388. The molecule has 0 aromatic heterocycles. The van der Waals surface area contributed by atoms with Crippen molar-refractivity contribution in [1.82, 2.24) is 10.2 Å². The zero-order valence-electron chi connectivity index (χ0n) is 11.9. The van der Waals surface area contributed by atoms with Gasteiger partial charge in [0.2, 0.25) is 0 Å². The minimum Gasteiger partial charge on any atom is -0.406 e. The van der Waals surface area contributed by atoms with Crippen molar-refractivity contribution in [3.8, 4) is 5.75 Å². The van der Waals surface area contributed by atoms with Gasteiger partial charge in [-0.2, -0.15) is 0 Å². The molecule has 120 valence electrons. The molecule has 7 heteroatoms. The number of hydrogen-bond donors (Lipinski definition) is 1. The minimum absolute atomic E-state index is 0.135. The molecule has 2 unspecified atom stereocenters. The van der Waals surface area contributed by atoms with Crippen LogP contribution in [0.1, 0.15) is 23.2 Å². The summed E-state index contributed by atoms with van der Waals surface area (Å²) in [6, 6.07) is 5.59. The summed E-state index contributed by atoms with van der Waals surface area (Å²) in [5, 5.41) is 3.43. The number of ether oxygens (including phenoxy) is 1. The van der Waals surface area contributed by atoms with Gasteiger partial charge in [0.05, 0.1) is 0 Å². The van der Waals surface area contributed by atoms with E-state index in [4.69, 9.17) is 0 Å². The van der Waals surface area contributed by atoms with Crippen molar-refractivity contribution in [1.29, 1.82) is 0 Å². The van der Waals surface area contributed by atoms with Crippen LogP contribution >= 0.6 is 0 Å². The molecule has 22 heavy (non-hydrogen) atoms. The van der Waals surface area contributed by atoms with Crippen LogP contribution in [0.25, 0.3) is 0 Å². The largest absolute Gasteiger partial charge is 0.573 e. The number of benzene rings is 1. The first-order valence-corrected chi connectivity index (χ1v) is 7.31. The summed E-state index contributed by atoms with van der Waals surface area (Å²) in [4.78, 5) is 14.2. The molecule has 1 N–H and O–H groups in total. The number of piperidine rings is 1. The molecule has 4 nitrogen and oxygen atoms in total. The van der Waals surface area contributed by atoms with Gasteiger partial charge in [-0.15, -0.1) is 13.2 Å². The Balaban J connectivity index is 1.65. The van der Waals surface area contributed by atoms with Gasteiger partial charge in [0.25, 0.3) is 5.91 Å². The predicted octanol–water partition coefficient (Wildman–Crippen LogP) is 2.41. The van der Waals surface area contributed by atoms with Crippen molar-refractivity contribution in [3.63, 3.8) is 0 Å². The number of nitrogens with zero attached hydrogens (tertiary/aromatic N) is 1. The highest BCUT2D eigenvalue weighted by Gasteiger charge is 2.35. The van der Waals surface area contributed by atoms with E-state index < -0.39 is 6.36 Å². The van der Waals surface area contributed by atoms with E-state index >= 15 is 0 Å². The SMILES string of the molecule is O=C(c1ccc(OC(F)(F)F)cc1)N1CCC2NCCC2C1. The number of carbonyl (C=O) groups is 1. The number of hydrogen-bond acceptors (Lipinski definition) is 3. The molecule has 0 spiro atoms. The molecular weight excluding hydrogens is 297 g/mol. The third-order valence-corrected chi connectivity index (χ3v) is 4.28. The lowest BCUT2D eigenvalue weighted by Gasteiger charge is -2.34. The van der Waals surface area contributed by atoms with Gasteiger partial charge in [0.1, 0.15) is 5.75 Å². The number of fused-ring (bicyclic) bond motifs is 1. The Bertz CT molecular complexity index is 545. The van der Waals surface area contributed by atoms with E-state index in [1.54, 1.807) is 4.90 Å². The molecule has 0 aliphatic carbocycles. The van der Waals surface area contributed by atoms with E-state index in [1.807, 2.05) is 0 Å². The van der Waals surface area contributed by atoms with Gasteiger partial charge in [-0.25, -0.2) is 0 Å². The molecule has 2 heterocycles. The molecule has 2 saturated heterocycles. The smallest absolute Gasteiger partial charge is 0.406 e. The lowest BCUT2D eigenvalue weighted by molar-refractivity contribution is -0.274. The Hall–Kier alpha value is -1.76. The fourth-order valence-corrected chi connectivity index (χ4v) is 3.21. The Kier molecular flexibility index (Phi) is 3.99. The van der Waals surface area contributed by atoms with Gasteiger partial charge >= 0.3 is 6.36 Å². The Morgan fingerprint density at radius 1 is 1.23 bits per heavy atom. The number of nitrogens with one attached hydrogen (secondary N) is 1. The van der Waals surface area contributed by atoms with Crippen molar-refractivity contribution < 1.29 is 22.7 Å². The molecule has 1 amide bonds. The maximum absolute atomic E-state index is 12.4. The van der Waals surface area contributed by atoms with Crippen molar-refractivity contribution in [2.45, 2.75) is 25.2 Å². The summed E-state index contributed by atoms with van der Waals surface area (Å²) < 4.78 is 40.1. The second-order valence-corrected chi connectivity index (χ2v) is 5.72. The molecule has 3 rings (SSSR count). The predicted molar refractivity (Wildman–Crippen MR) is 73.5 cm³/mol. The van der Waals surface area contributed by atoms with E-state index in [9.17, 15) is 18.0 Å². The number of amides is 1. The molecule has 2 aliphatic rings. The maximum atomic E-state index is 12.4. The molecule has 1 aromatic carbocycles. The van der Waals surface area contributed by atoms with E-state index in [1.165, 1.54) is 24.3 Å². The summed E-state index contributed by atoms with van der Waals surface area (Å²) in [6.07, 6.45) is -2.73. The molecule has 0 bridgehead atoms. The van der Waals surface area contributed by atoms with Crippen LogP contribution in [0.2, 0.25) is 0 Å². The fourth-order valence-electron chi connectivity index (χ4n) is 3.21. The van der Waals surface area contributed by atoms with Crippen molar-refractivity contribution in [2.75, 3.05) is 19.6 Å². The molecule has 2 fully saturated rings. The van der Waals surface area contributed by atoms with Crippen molar-refractivity contribution in [2.24, 2.45) is 5.92 Å². The summed E-state index contributed by atoms with van der Waals surface area (Å²) >= 11 is 0. The molecular formula is C15H17F3N2O2. The van der Waals surface area contributed by atoms with Gasteiger partial charge in [-0.05, 0) is 49.6 Å². The normalized spacial score (nSPS) is 25.0. The van der Waals surface area contributed by atoms with Crippen LogP contribution in [0.15, 0.2) is 24.3 Å². The van der Waals surface area contributed by atoms with E-state index in [0.717, 1.165) is 19.4 Å². The lowest BCUT2D eigenvalue weighted by Crippen LogP contribution is -2.46. The average Bonchev–Trinajstić information content (AvgIpc) is 2.93. The van der Waals surface area contributed by atoms with Crippen LogP contribution in [0, 0.1) is 5.92 Å². The second kappa shape index (κ2) is 5.79. The van der Waals surface area contributed by atoms with Crippen molar-refractivity contribution in [3.05, 3.63) is 29.8 Å². The fraction of sp³-hybridized carbons (Fsp3) is 0.533. The first-order valence-electron chi connectivity index (χ1n) is 7.31. The number of alkyl halides is 3. The van der Waals surface area contributed by atoms with Crippen LogP contribution in [0.5, 0.6) is 5.75 Å². The summed E-state index contributed by atoms with van der Waals surface area (Å²) in [5.74, 6) is 0.0252. The third-order valence-electron chi connectivity index (χ3n) is 4.28. The van der Waals surface area contributed by atoms with Gasteiger partial charge in [-0.3, -0.25) is 4.79 Å². The van der Waals surface area contributed by atoms with E-state index in [2.05, 4.69) is 10.1 Å². The Morgan fingerprint density at radius 2 is 1.95 bits per heavy atom. The number of halogens is 3. The molecule has 0 saturated carbocycles. The van der Waals surface area contributed by atoms with E-state index in [0.29, 0.717) is 30.6 Å². The average molecular weight is 314 g/mol. The van der Waals surface area contributed by atoms with Crippen LogP contribution in [-0.4, -0.2) is 42.8 Å². The van der Waals surface area contributed by atoms with Gasteiger partial charge in [0, 0.05) is 24.7 Å². The first-order chi connectivity index (χ1) is 10.4. The number of likely N-dealkylation sites (tertiary alicyclic amines) is 1. The molecule has 2 atom stereocenters. The highest BCUT2D eigenvalue weighted by Crippen LogP contribution is 2.27. The first kappa shape index (κ1) is 15.1. The quantitative estimate of drug-likeness (QED) is 0.911. The molecule has 0 radical (unpaired) electrons. The van der Waals surface area contributed by atoms with Crippen LogP contribution in [-0.2, 0) is 0 Å². The van der Waals surface area contributed by atoms with Gasteiger partial charge in [-0.1, -0.05) is 0 Å². The van der Waals surface area contributed by atoms with E-state index in [-0.39, 0.29) is 11.7 Å². The highest BCUT2D eigenvalue weighted by molar-refractivity contribution is 5.94. The third kappa shape index (κ3) is 3.35. The summed E-state index contributed by atoms with van der Waals surface area (Å²) in [7, 11) is 0. The highest BCUT2D eigenvalue weighted by atomic mass is 19.4. The van der Waals surface area contributed by atoms with Gasteiger partial charge < -0.3 is 15.0 Å². The number of carbonyl (C=O) groups excluding carboxylic acids is 1. The van der Waals surface area contributed by atoms with Crippen LogP contribution < -0.4 is 10.1 Å². The Morgan fingerprint density at radius 3 is 2.64 bits per heavy atom. The van der Waals surface area contributed by atoms with Crippen LogP contribution in [0.4, 0.5) is 13.2 Å².